The maximum atomic E-state index is 5.36. The first-order chi connectivity index (χ1) is 7.74. The van der Waals surface area contributed by atoms with Crippen LogP contribution in [-0.4, -0.2) is 30.9 Å². The molecule has 0 saturated carbocycles. The van der Waals surface area contributed by atoms with Crippen molar-refractivity contribution in [3.63, 3.8) is 0 Å². The van der Waals surface area contributed by atoms with E-state index in [0.717, 1.165) is 37.7 Å². The zero-order chi connectivity index (χ0) is 11.8. The minimum absolute atomic E-state index is 0.450. The summed E-state index contributed by atoms with van der Waals surface area (Å²) in [5.74, 6) is 0.694. The number of hydrogen-bond acceptors (Lipinski definition) is 2. The zero-order valence-electron chi connectivity index (χ0n) is 10.4. The van der Waals surface area contributed by atoms with Crippen molar-refractivity contribution in [1.29, 1.82) is 0 Å². The van der Waals surface area contributed by atoms with Gasteiger partial charge in [0.15, 0.2) is 5.11 Å². The lowest BCUT2D eigenvalue weighted by Gasteiger charge is -2.29. The van der Waals surface area contributed by atoms with Crippen molar-refractivity contribution in [2.75, 3.05) is 19.8 Å². The normalized spacial score (nSPS) is 19.1. The molecule has 1 rings (SSSR count). The van der Waals surface area contributed by atoms with Crippen molar-refractivity contribution in [2.24, 2.45) is 5.92 Å². The van der Waals surface area contributed by atoms with E-state index in [1.165, 1.54) is 12.8 Å². The van der Waals surface area contributed by atoms with Crippen LogP contribution >= 0.6 is 12.2 Å². The van der Waals surface area contributed by atoms with Gasteiger partial charge in [-0.25, -0.2) is 0 Å². The molecule has 1 heterocycles. The molecule has 94 valence electrons. The van der Waals surface area contributed by atoms with Crippen LogP contribution < -0.4 is 10.6 Å². The number of hydrogen-bond donors (Lipinski definition) is 2. The lowest BCUT2D eigenvalue weighted by Crippen LogP contribution is -2.45. The molecule has 1 fully saturated rings. The maximum absolute atomic E-state index is 5.36. The third kappa shape index (κ3) is 5.12. The fraction of sp³-hybridized carbons (Fsp3) is 0.917. The molecule has 0 aliphatic carbocycles. The monoisotopic (exact) mass is 244 g/mol. The Hall–Kier alpha value is -0.350. The van der Waals surface area contributed by atoms with Crippen molar-refractivity contribution in [2.45, 2.75) is 45.6 Å². The van der Waals surface area contributed by atoms with E-state index in [1.807, 2.05) is 0 Å². The highest BCUT2D eigenvalue weighted by molar-refractivity contribution is 7.80. The third-order valence-corrected chi connectivity index (χ3v) is 3.41. The Kier molecular flexibility index (Phi) is 6.73. The minimum Gasteiger partial charge on any atom is -0.381 e. The predicted octanol–water partition coefficient (Wildman–Crippen LogP) is 2.07. The van der Waals surface area contributed by atoms with Crippen molar-refractivity contribution >= 4 is 17.3 Å². The first-order valence-corrected chi connectivity index (χ1v) is 6.77. The Balaban J connectivity index is 2.16. The summed E-state index contributed by atoms with van der Waals surface area (Å²) in [4.78, 5) is 0. The summed E-state index contributed by atoms with van der Waals surface area (Å²) >= 11 is 5.26. The van der Waals surface area contributed by atoms with Crippen LogP contribution in [0.15, 0.2) is 0 Å². The third-order valence-electron chi connectivity index (χ3n) is 3.15. The van der Waals surface area contributed by atoms with Gasteiger partial charge in [0.25, 0.3) is 0 Å². The van der Waals surface area contributed by atoms with Gasteiger partial charge in [-0.2, -0.15) is 0 Å². The molecular formula is C12H24N2OS. The fourth-order valence-electron chi connectivity index (χ4n) is 1.97. The average Bonchev–Trinajstić information content (AvgIpc) is 2.30. The second kappa shape index (κ2) is 7.85. The number of unbranched alkanes of at least 4 members (excludes halogenated alkanes) is 1. The van der Waals surface area contributed by atoms with Crippen LogP contribution in [0.25, 0.3) is 0 Å². The molecule has 1 saturated heterocycles. The van der Waals surface area contributed by atoms with E-state index in [1.54, 1.807) is 0 Å². The van der Waals surface area contributed by atoms with Crippen LogP contribution in [0.1, 0.15) is 39.5 Å². The highest BCUT2D eigenvalue weighted by Gasteiger charge is 2.20. The van der Waals surface area contributed by atoms with Gasteiger partial charge in [-0.1, -0.05) is 13.3 Å². The lowest BCUT2D eigenvalue weighted by molar-refractivity contribution is 0.0582. The largest absolute Gasteiger partial charge is 0.381 e. The summed E-state index contributed by atoms with van der Waals surface area (Å²) < 4.78 is 5.36. The summed E-state index contributed by atoms with van der Waals surface area (Å²) in [7, 11) is 0. The summed E-state index contributed by atoms with van der Waals surface area (Å²) in [6.07, 6.45) is 4.66. The van der Waals surface area contributed by atoms with Gasteiger partial charge in [-0.05, 0) is 44.3 Å². The van der Waals surface area contributed by atoms with Crippen LogP contribution in [0.3, 0.4) is 0 Å². The molecule has 0 amide bonds. The molecule has 1 aliphatic rings. The van der Waals surface area contributed by atoms with Gasteiger partial charge in [0.05, 0.1) is 0 Å². The van der Waals surface area contributed by atoms with Crippen molar-refractivity contribution in [3.05, 3.63) is 0 Å². The molecule has 0 radical (unpaired) electrons. The summed E-state index contributed by atoms with van der Waals surface area (Å²) in [5, 5.41) is 7.41. The van der Waals surface area contributed by atoms with Gasteiger partial charge >= 0.3 is 0 Å². The highest BCUT2D eigenvalue weighted by Crippen LogP contribution is 2.18. The molecule has 3 nitrogen and oxygen atoms in total. The standard InChI is InChI=1S/C12H24N2OS/c1-3-4-7-13-12(16)14-10(2)11-5-8-15-9-6-11/h10-11H,3-9H2,1-2H3,(H2,13,14,16). The van der Waals surface area contributed by atoms with Gasteiger partial charge in [0, 0.05) is 25.8 Å². The van der Waals surface area contributed by atoms with E-state index in [-0.39, 0.29) is 0 Å². The highest BCUT2D eigenvalue weighted by atomic mass is 32.1. The summed E-state index contributed by atoms with van der Waals surface area (Å²) in [6, 6.07) is 0.450. The second-order valence-electron chi connectivity index (χ2n) is 4.49. The Labute approximate surface area is 104 Å². The van der Waals surface area contributed by atoms with E-state index < -0.39 is 0 Å². The van der Waals surface area contributed by atoms with Crippen LogP contribution in [0, 0.1) is 5.92 Å². The van der Waals surface area contributed by atoms with Crippen molar-refractivity contribution < 1.29 is 4.74 Å². The number of rotatable bonds is 5. The molecule has 2 N–H and O–H groups in total. The topological polar surface area (TPSA) is 33.3 Å². The Morgan fingerprint density at radius 3 is 2.75 bits per heavy atom. The quantitative estimate of drug-likeness (QED) is 0.573. The maximum Gasteiger partial charge on any atom is 0.166 e. The van der Waals surface area contributed by atoms with Crippen LogP contribution in [-0.2, 0) is 4.74 Å². The summed E-state index contributed by atoms with van der Waals surface area (Å²) in [6.45, 7) is 7.16. The molecule has 16 heavy (non-hydrogen) atoms. The lowest BCUT2D eigenvalue weighted by atomic mass is 9.93. The zero-order valence-corrected chi connectivity index (χ0v) is 11.2. The second-order valence-corrected chi connectivity index (χ2v) is 4.90. The van der Waals surface area contributed by atoms with E-state index in [0.29, 0.717) is 12.0 Å². The SMILES string of the molecule is CCCCNC(=S)NC(C)C1CCOCC1. The average molecular weight is 244 g/mol. The smallest absolute Gasteiger partial charge is 0.166 e. The summed E-state index contributed by atoms with van der Waals surface area (Å²) in [5.41, 5.74) is 0. The predicted molar refractivity (Wildman–Crippen MR) is 71.6 cm³/mol. The minimum atomic E-state index is 0.450. The van der Waals surface area contributed by atoms with Gasteiger partial charge in [-0.3, -0.25) is 0 Å². The Bertz CT molecular complexity index is 205. The molecule has 0 bridgehead atoms. The number of nitrogens with one attached hydrogen (secondary N) is 2. The molecule has 0 aromatic rings. The fourth-order valence-corrected chi connectivity index (χ4v) is 2.26. The molecule has 1 unspecified atom stereocenters. The van der Waals surface area contributed by atoms with Gasteiger partial charge in [0.1, 0.15) is 0 Å². The van der Waals surface area contributed by atoms with E-state index in [9.17, 15) is 0 Å². The molecule has 1 aliphatic heterocycles. The molecule has 0 aromatic heterocycles. The van der Waals surface area contributed by atoms with Gasteiger partial charge in [0.2, 0.25) is 0 Å². The van der Waals surface area contributed by atoms with E-state index in [4.69, 9.17) is 17.0 Å². The number of ether oxygens (including phenoxy) is 1. The molecule has 4 heteroatoms. The number of thiocarbonyl (C=S) groups is 1. The molecular weight excluding hydrogens is 220 g/mol. The molecule has 0 spiro atoms. The Morgan fingerprint density at radius 2 is 2.12 bits per heavy atom. The van der Waals surface area contributed by atoms with Crippen molar-refractivity contribution in [3.8, 4) is 0 Å². The van der Waals surface area contributed by atoms with E-state index in [2.05, 4.69) is 24.5 Å². The van der Waals surface area contributed by atoms with Gasteiger partial charge < -0.3 is 15.4 Å². The van der Waals surface area contributed by atoms with Crippen LogP contribution in [0.5, 0.6) is 0 Å². The molecule has 1 atom stereocenters. The molecule has 0 aromatic carbocycles. The first kappa shape index (κ1) is 13.7. The van der Waals surface area contributed by atoms with Gasteiger partial charge in [-0.15, -0.1) is 0 Å². The van der Waals surface area contributed by atoms with Crippen LogP contribution in [0.2, 0.25) is 0 Å². The van der Waals surface area contributed by atoms with Crippen LogP contribution in [0.4, 0.5) is 0 Å². The van der Waals surface area contributed by atoms with Crippen molar-refractivity contribution in [1.82, 2.24) is 10.6 Å². The first-order valence-electron chi connectivity index (χ1n) is 6.36. The Morgan fingerprint density at radius 1 is 1.44 bits per heavy atom. The van der Waals surface area contributed by atoms with E-state index >= 15 is 0 Å².